The average molecular weight is 240 g/mol. The molecule has 0 aromatic rings. The summed E-state index contributed by atoms with van der Waals surface area (Å²) in [6.45, 7) is 2.12. The summed E-state index contributed by atoms with van der Waals surface area (Å²) in [5.41, 5.74) is -1.42. The number of aliphatic hydroxyl groups excluding tert-OH is 6. The number of hydrogen-bond donors (Lipinski definition) is 6. The monoisotopic (exact) mass is 240 g/mol. The Morgan fingerprint density at radius 2 is 0.625 bits per heavy atom. The molecule has 6 nitrogen and oxygen atoms in total. The standard InChI is InChI=1S/2C5H12O3/c2*1-5(2-6,3-7)4-8/h2*6-8H,2-4H2,1H3. The molecule has 0 aromatic heterocycles. The summed E-state index contributed by atoms with van der Waals surface area (Å²) in [4.78, 5) is 0. The van der Waals surface area contributed by atoms with Gasteiger partial charge in [0.2, 0.25) is 0 Å². The first-order valence-corrected chi connectivity index (χ1v) is 5.02. The van der Waals surface area contributed by atoms with E-state index in [1.165, 1.54) is 0 Å². The zero-order valence-corrected chi connectivity index (χ0v) is 9.93. The Morgan fingerprint density at radius 1 is 0.500 bits per heavy atom. The van der Waals surface area contributed by atoms with Gasteiger partial charge < -0.3 is 30.6 Å². The molecule has 100 valence electrons. The van der Waals surface area contributed by atoms with E-state index in [0.717, 1.165) is 0 Å². The summed E-state index contributed by atoms with van der Waals surface area (Å²) < 4.78 is 0. The highest BCUT2D eigenvalue weighted by molar-refractivity contribution is 4.69. The minimum absolute atomic E-state index is 0.181. The zero-order valence-electron chi connectivity index (χ0n) is 9.93. The lowest BCUT2D eigenvalue weighted by atomic mass is 9.95. The fourth-order valence-corrected chi connectivity index (χ4v) is 0.300. The van der Waals surface area contributed by atoms with Crippen LogP contribution in [0.5, 0.6) is 0 Å². The fraction of sp³-hybridized carbons (Fsp3) is 1.00. The van der Waals surface area contributed by atoms with Gasteiger partial charge in [-0.05, 0) is 0 Å². The molecule has 6 N–H and O–H groups in total. The molecule has 0 aliphatic carbocycles. The third-order valence-electron chi connectivity index (χ3n) is 2.29. The normalized spacial score (nSPS) is 12.0. The van der Waals surface area contributed by atoms with E-state index in [9.17, 15) is 0 Å². The number of rotatable bonds is 6. The molecule has 16 heavy (non-hydrogen) atoms. The lowest BCUT2D eigenvalue weighted by Crippen LogP contribution is -2.29. The van der Waals surface area contributed by atoms with Crippen LogP contribution >= 0.6 is 0 Å². The highest BCUT2D eigenvalue weighted by Crippen LogP contribution is 2.11. The summed E-state index contributed by atoms with van der Waals surface area (Å²) in [7, 11) is 0. The number of aliphatic hydroxyl groups is 6. The van der Waals surface area contributed by atoms with Gasteiger partial charge in [0.25, 0.3) is 0 Å². The van der Waals surface area contributed by atoms with E-state index in [4.69, 9.17) is 30.6 Å². The van der Waals surface area contributed by atoms with Crippen LogP contribution < -0.4 is 0 Å². The fourth-order valence-electron chi connectivity index (χ4n) is 0.300. The van der Waals surface area contributed by atoms with Gasteiger partial charge in [-0.2, -0.15) is 0 Å². The second-order valence-electron chi connectivity index (χ2n) is 4.57. The van der Waals surface area contributed by atoms with Crippen LogP contribution in [0, 0.1) is 10.8 Å². The van der Waals surface area contributed by atoms with Crippen LogP contribution in [-0.4, -0.2) is 70.3 Å². The van der Waals surface area contributed by atoms with Gasteiger partial charge in [0, 0.05) is 10.8 Å². The van der Waals surface area contributed by atoms with Gasteiger partial charge in [0.15, 0.2) is 0 Å². The molecule has 0 atom stereocenters. The molecule has 0 heterocycles. The van der Waals surface area contributed by atoms with E-state index in [2.05, 4.69) is 0 Å². The van der Waals surface area contributed by atoms with Gasteiger partial charge in [-0.15, -0.1) is 0 Å². The molecule has 0 radical (unpaired) electrons. The smallest absolute Gasteiger partial charge is 0.0528 e. The molecule has 0 spiro atoms. The van der Waals surface area contributed by atoms with Gasteiger partial charge in [0.05, 0.1) is 39.6 Å². The van der Waals surface area contributed by atoms with Gasteiger partial charge in [0.1, 0.15) is 0 Å². The van der Waals surface area contributed by atoms with Crippen molar-refractivity contribution in [2.24, 2.45) is 10.8 Å². The first kappa shape index (κ1) is 18.1. The molecule has 0 saturated heterocycles. The van der Waals surface area contributed by atoms with Crippen LogP contribution in [0.1, 0.15) is 13.8 Å². The van der Waals surface area contributed by atoms with E-state index in [-0.39, 0.29) is 39.6 Å². The Bertz CT molecular complexity index is 119. The van der Waals surface area contributed by atoms with Crippen molar-refractivity contribution < 1.29 is 30.6 Å². The highest BCUT2D eigenvalue weighted by Gasteiger charge is 2.20. The molecule has 0 unspecified atom stereocenters. The molecule has 0 bridgehead atoms. The molecule has 0 rings (SSSR count). The molecule has 6 heteroatoms. The Hall–Kier alpha value is -0.240. The third-order valence-corrected chi connectivity index (χ3v) is 2.29. The van der Waals surface area contributed by atoms with Crippen molar-refractivity contribution in [3.05, 3.63) is 0 Å². The van der Waals surface area contributed by atoms with Gasteiger partial charge >= 0.3 is 0 Å². The Balaban J connectivity index is 0. The van der Waals surface area contributed by atoms with Crippen LogP contribution in [0.4, 0.5) is 0 Å². The Kier molecular flexibility index (Phi) is 10.0. The minimum Gasteiger partial charge on any atom is -0.396 e. The van der Waals surface area contributed by atoms with Crippen LogP contribution in [0.15, 0.2) is 0 Å². The Labute approximate surface area is 95.8 Å². The first-order valence-electron chi connectivity index (χ1n) is 5.02. The van der Waals surface area contributed by atoms with Gasteiger partial charge in [-0.3, -0.25) is 0 Å². The van der Waals surface area contributed by atoms with Crippen molar-refractivity contribution in [2.75, 3.05) is 39.6 Å². The quantitative estimate of drug-likeness (QED) is 0.317. The second-order valence-corrected chi connectivity index (χ2v) is 4.57. The summed E-state index contributed by atoms with van der Waals surface area (Å²) in [6.07, 6.45) is 0. The van der Waals surface area contributed by atoms with E-state index >= 15 is 0 Å². The summed E-state index contributed by atoms with van der Waals surface area (Å²) in [6, 6.07) is 0. The average Bonchev–Trinajstić information content (AvgIpc) is 2.37. The van der Waals surface area contributed by atoms with Crippen LogP contribution in [0.25, 0.3) is 0 Å². The minimum atomic E-state index is -0.708. The molecular formula is C10H24O6. The molecule has 0 aliphatic rings. The second kappa shape index (κ2) is 8.86. The van der Waals surface area contributed by atoms with Crippen molar-refractivity contribution in [2.45, 2.75) is 13.8 Å². The largest absolute Gasteiger partial charge is 0.396 e. The SMILES string of the molecule is CC(CO)(CO)CO.CC(CO)(CO)CO. The van der Waals surface area contributed by atoms with Crippen molar-refractivity contribution >= 4 is 0 Å². The van der Waals surface area contributed by atoms with Crippen LogP contribution in [-0.2, 0) is 0 Å². The maximum atomic E-state index is 8.47. The van der Waals surface area contributed by atoms with E-state index < -0.39 is 10.8 Å². The zero-order chi connectivity index (χ0) is 13.2. The van der Waals surface area contributed by atoms with Crippen LogP contribution in [0.2, 0.25) is 0 Å². The van der Waals surface area contributed by atoms with Crippen molar-refractivity contribution in [1.82, 2.24) is 0 Å². The van der Waals surface area contributed by atoms with E-state index in [1.54, 1.807) is 13.8 Å². The molecule has 0 aromatic carbocycles. The predicted molar refractivity (Wildman–Crippen MR) is 58.7 cm³/mol. The summed E-state index contributed by atoms with van der Waals surface area (Å²) in [5, 5.41) is 50.8. The molecule has 0 fully saturated rings. The first-order chi connectivity index (χ1) is 7.36. The molecule has 0 amide bonds. The maximum absolute atomic E-state index is 8.47. The molecule has 0 saturated carbocycles. The van der Waals surface area contributed by atoms with Crippen molar-refractivity contribution in [3.8, 4) is 0 Å². The topological polar surface area (TPSA) is 121 Å². The molecule has 0 aliphatic heterocycles. The van der Waals surface area contributed by atoms with Crippen molar-refractivity contribution in [3.63, 3.8) is 0 Å². The lowest BCUT2D eigenvalue weighted by molar-refractivity contribution is 0.0198. The predicted octanol–water partition coefficient (Wildman–Crippen LogP) is -2.06. The molecular weight excluding hydrogens is 216 g/mol. The van der Waals surface area contributed by atoms with E-state index in [1.807, 2.05) is 0 Å². The maximum Gasteiger partial charge on any atom is 0.0528 e. The van der Waals surface area contributed by atoms with E-state index in [0.29, 0.717) is 0 Å². The van der Waals surface area contributed by atoms with Crippen LogP contribution in [0.3, 0.4) is 0 Å². The number of hydrogen-bond acceptors (Lipinski definition) is 6. The van der Waals surface area contributed by atoms with Crippen molar-refractivity contribution in [1.29, 1.82) is 0 Å². The summed E-state index contributed by atoms with van der Waals surface area (Å²) in [5.74, 6) is 0. The highest BCUT2D eigenvalue weighted by atomic mass is 16.3. The lowest BCUT2D eigenvalue weighted by Gasteiger charge is -2.20. The third kappa shape index (κ3) is 7.10. The summed E-state index contributed by atoms with van der Waals surface area (Å²) >= 11 is 0. The van der Waals surface area contributed by atoms with Gasteiger partial charge in [-0.1, -0.05) is 13.8 Å². The van der Waals surface area contributed by atoms with Gasteiger partial charge in [-0.25, -0.2) is 0 Å². The Morgan fingerprint density at radius 3 is 0.625 bits per heavy atom.